The highest BCUT2D eigenvalue weighted by atomic mass is 16.4. The summed E-state index contributed by atoms with van der Waals surface area (Å²) in [6.45, 7) is 4.27. The first kappa shape index (κ1) is 14.5. The molecule has 5 heteroatoms. The maximum absolute atomic E-state index is 11.0. The van der Waals surface area contributed by atoms with Crippen molar-refractivity contribution >= 4 is 17.0 Å². The van der Waals surface area contributed by atoms with E-state index >= 15 is 0 Å². The number of rotatable bonds is 5. The molecule has 1 aromatic heterocycles. The number of aliphatic carboxylic acids is 1. The molecule has 0 fully saturated rings. The number of carboxylic acids is 1. The summed E-state index contributed by atoms with van der Waals surface area (Å²) in [5, 5.41) is 9.00. The highest BCUT2D eigenvalue weighted by Crippen LogP contribution is 2.23. The second-order valence-electron chi connectivity index (χ2n) is 5.37. The van der Waals surface area contributed by atoms with E-state index in [1.54, 1.807) is 6.92 Å². The van der Waals surface area contributed by atoms with Crippen LogP contribution in [0.4, 0.5) is 0 Å². The Morgan fingerprint density at radius 2 is 2.05 bits per heavy atom. The van der Waals surface area contributed by atoms with E-state index < -0.39 is 11.9 Å². The largest absolute Gasteiger partial charge is 0.481 e. The lowest BCUT2D eigenvalue weighted by molar-refractivity contribution is -0.141. The molecule has 0 saturated heterocycles. The summed E-state index contributed by atoms with van der Waals surface area (Å²) in [6.07, 6.45) is 0. The first-order valence-electron chi connectivity index (χ1n) is 6.76. The Hall–Kier alpha value is -1.88. The number of benzene rings is 1. The van der Waals surface area contributed by atoms with Crippen molar-refractivity contribution in [2.45, 2.75) is 19.9 Å². The summed E-state index contributed by atoms with van der Waals surface area (Å²) >= 11 is 0. The minimum absolute atomic E-state index is 0.0641. The van der Waals surface area contributed by atoms with Crippen LogP contribution < -0.4 is 0 Å². The Labute approximate surface area is 118 Å². The first-order chi connectivity index (χ1) is 9.41. The van der Waals surface area contributed by atoms with Gasteiger partial charge < -0.3 is 9.67 Å². The summed E-state index contributed by atoms with van der Waals surface area (Å²) < 4.78 is 2.07. The number of fused-ring (bicyclic) bond motifs is 1. The van der Waals surface area contributed by atoms with Gasteiger partial charge in [-0.25, -0.2) is 4.98 Å². The van der Waals surface area contributed by atoms with Crippen LogP contribution in [0, 0.1) is 5.92 Å². The molecular weight excluding hydrogens is 254 g/mol. The van der Waals surface area contributed by atoms with Crippen LogP contribution in [0.25, 0.3) is 11.0 Å². The Morgan fingerprint density at radius 1 is 1.40 bits per heavy atom. The lowest BCUT2D eigenvalue weighted by Gasteiger charge is -2.25. The van der Waals surface area contributed by atoms with Crippen molar-refractivity contribution in [2.24, 2.45) is 13.0 Å². The van der Waals surface area contributed by atoms with E-state index in [0.29, 0.717) is 6.54 Å². The van der Waals surface area contributed by atoms with Crippen LogP contribution >= 0.6 is 0 Å². The van der Waals surface area contributed by atoms with E-state index in [0.717, 1.165) is 16.9 Å². The molecule has 5 nitrogen and oxygen atoms in total. The van der Waals surface area contributed by atoms with Gasteiger partial charge in [0.15, 0.2) is 0 Å². The maximum atomic E-state index is 11.0. The fourth-order valence-corrected chi connectivity index (χ4v) is 2.40. The minimum atomic E-state index is -0.769. The van der Waals surface area contributed by atoms with Gasteiger partial charge in [0, 0.05) is 13.6 Å². The summed E-state index contributed by atoms with van der Waals surface area (Å²) in [4.78, 5) is 17.6. The Morgan fingerprint density at radius 3 is 2.65 bits per heavy atom. The summed E-state index contributed by atoms with van der Waals surface area (Å²) in [7, 11) is 3.93. The third kappa shape index (κ3) is 2.67. The topological polar surface area (TPSA) is 58.4 Å². The van der Waals surface area contributed by atoms with Crippen LogP contribution in [-0.4, -0.2) is 39.1 Å². The maximum Gasteiger partial charge on any atom is 0.307 e. The number of nitrogens with zero attached hydrogens (tertiary/aromatic N) is 3. The van der Waals surface area contributed by atoms with Crippen LogP contribution in [0.5, 0.6) is 0 Å². The van der Waals surface area contributed by atoms with E-state index in [4.69, 9.17) is 5.11 Å². The number of carbonyl (C=O) groups is 1. The average Bonchev–Trinajstić information content (AvgIpc) is 2.75. The van der Waals surface area contributed by atoms with Crippen LogP contribution in [0.1, 0.15) is 25.7 Å². The van der Waals surface area contributed by atoms with Crippen molar-refractivity contribution in [3.8, 4) is 0 Å². The highest BCUT2D eigenvalue weighted by Gasteiger charge is 2.22. The molecule has 0 aliphatic carbocycles. The fourth-order valence-electron chi connectivity index (χ4n) is 2.40. The number of carboxylic acid groups (broad SMARTS) is 1. The van der Waals surface area contributed by atoms with E-state index in [2.05, 4.69) is 16.5 Å². The molecule has 0 aliphatic rings. The predicted octanol–water partition coefficient (Wildman–Crippen LogP) is 2.29. The predicted molar refractivity (Wildman–Crippen MR) is 78.6 cm³/mol. The van der Waals surface area contributed by atoms with Gasteiger partial charge in [0.25, 0.3) is 0 Å². The molecule has 2 aromatic rings. The molecule has 0 spiro atoms. The Kier molecular flexibility index (Phi) is 4.09. The molecule has 0 amide bonds. The second-order valence-corrected chi connectivity index (χ2v) is 5.37. The molecule has 108 valence electrons. The van der Waals surface area contributed by atoms with Gasteiger partial charge in [-0.2, -0.15) is 0 Å². The van der Waals surface area contributed by atoms with Gasteiger partial charge in [-0.05, 0) is 26.1 Å². The zero-order valence-corrected chi connectivity index (χ0v) is 12.4. The van der Waals surface area contributed by atoms with Crippen LogP contribution in [0.3, 0.4) is 0 Å². The van der Waals surface area contributed by atoms with Gasteiger partial charge in [0.05, 0.1) is 23.0 Å². The zero-order chi connectivity index (χ0) is 14.9. The fraction of sp³-hybridized carbons (Fsp3) is 0.467. The SMILES string of the molecule is CC(CN(C)C(C)c1nc2ccccc2n1C)C(=O)O. The van der Waals surface area contributed by atoms with Crippen molar-refractivity contribution in [2.75, 3.05) is 13.6 Å². The number of hydrogen-bond acceptors (Lipinski definition) is 3. The summed E-state index contributed by atoms with van der Waals surface area (Å²) in [5.41, 5.74) is 2.06. The Bertz CT molecular complexity index is 621. The van der Waals surface area contributed by atoms with E-state index in [1.807, 2.05) is 43.3 Å². The molecule has 0 aliphatic heterocycles. The van der Waals surface area contributed by atoms with Gasteiger partial charge in [0.1, 0.15) is 5.82 Å². The Balaban J connectivity index is 2.24. The second kappa shape index (κ2) is 5.63. The van der Waals surface area contributed by atoms with E-state index in [1.165, 1.54) is 0 Å². The third-order valence-corrected chi connectivity index (χ3v) is 3.84. The number of aryl methyl sites for hydroxylation is 1. The molecule has 2 atom stereocenters. The first-order valence-corrected chi connectivity index (χ1v) is 6.76. The monoisotopic (exact) mass is 275 g/mol. The molecule has 2 unspecified atom stereocenters. The van der Waals surface area contributed by atoms with Crippen molar-refractivity contribution in [3.63, 3.8) is 0 Å². The van der Waals surface area contributed by atoms with Crippen molar-refractivity contribution in [1.29, 1.82) is 0 Å². The van der Waals surface area contributed by atoms with Gasteiger partial charge in [-0.15, -0.1) is 0 Å². The highest BCUT2D eigenvalue weighted by molar-refractivity contribution is 5.75. The van der Waals surface area contributed by atoms with Crippen LogP contribution in [-0.2, 0) is 11.8 Å². The summed E-state index contributed by atoms with van der Waals surface area (Å²) in [5.74, 6) is -0.211. The lowest BCUT2D eigenvalue weighted by Crippen LogP contribution is -2.31. The van der Waals surface area contributed by atoms with Crippen LogP contribution in [0.2, 0.25) is 0 Å². The molecule has 1 aromatic carbocycles. The average molecular weight is 275 g/mol. The zero-order valence-electron chi connectivity index (χ0n) is 12.4. The van der Waals surface area contributed by atoms with E-state index in [9.17, 15) is 4.79 Å². The normalized spacial score (nSPS) is 14.7. The molecule has 0 bridgehead atoms. The summed E-state index contributed by atoms with van der Waals surface area (Å²) in [6, 6.07) is 8.06. The van der Waals surface area contributed by atoms with Crippen molar-refractivity contribution < 1.29 is 9.90 Å². The number of para-hydroxylation sites is 2. The van der Waals surface area contributed by atoms with Gasteiger partial charge >= 0.3 is 5.97 Å². The molecule has 20 heavy (non-hydrogen) atoms. The molecule has 1 heterocycles. The van der Waals surface area contributed by atoms with Crippen molar-refractivity contribution in [3.05, 3.63) is 30.1 Å². The number of aromatic nitrogens is 2. The lowest BCUT2D eigenvalue weighted by atomic mass is 10.1. The van der Waals surface area contributed by atoms with Gasteiger partial charge in [-0.3, -0.25) is 9.69 Å². The molecule has 0 radical (unpaired) electrons. The standard InChI is InChI=1S/C15H21N3O2/c1-10(15(19)20)9-17(3)11(2)14-16-12-7-5-6-8-13(12)18(14)4/h5-8,10-11H,9H2,1-4H3,(H,19,20). The number of imidazole rings is 1. The molecular formula is C15H21N3O2. The number of hydrogen-bond donors (Lipinski definition) is 1. The van der Waals surface area contributed by atoms with Crippen molar-refractivity contribution in [1.82, 2.24) is 14.5 Å². The quantitative estimate of drug-likeness (QED) is 0.909. The molecule has 0 saturated carbocycles. The van der Waals surface area contributed by atoms with E-state index in [-0.39, 0.29) is 6.04 Å². The molecule has 2 rings (SSSR count). The van der Waals surface area contributed by atoms with Gasteiger partial charge in [0.2, 0.25) is 0 Å². The minimum Gasteiger partial charge on any atom is -0.481 e. The third-order valence-electron chi connectivity index (χ3n) is 3.84. The molecule has 1 N–H and O–H groups in total. The van der Waals surface area contributed by atoms with Crippen LogP contribution in [0.15, 0.2) is 24.3 Å². The van der Waals surface area contributed by atoms with Gasteiger partial charge in [-0.1, -0.05) is 19.1 Å². The smallest absolute Gasteiger partial charge is 0.307 e.